The number of aromatic amines is 1. The number of fused-ring (bicyclic) bond motifs is 3. The Bertz CT molecular complexity index is 1400. The van der Waals surface area contributed by atoms with Crippen LogP contribution in [0.25, 0.3) is 21.9 Å². The van der Waals surface area contributed by atoms with E-state index in [4.69, 9.17) is 20.7 Å². The van der Waals surface area contributed by atoms with Crippen molar-refractivity contribution < 1.29 is 4.74 Å². The number of hydrogen-bond donors (Lipinski definition) is 3. The fourth-order valence-corrected chi connectivity index (χ4v) is 4.75. The minimum Gasteiger partial charge on any atom is -0.422 e. The van der Waals surface area contributed by atoms with Crippen LogP contribution in [-0.2, 0) is 0 Å². The summed E-state index contributed by atoms with van der Waals surface area (Å²) in [6, 6.07) is 10.1. The van der Waals surface area contributed by atoms with Gasteiger partial charge in [-0.05, 0) is 18.9 Å². The van der Waals surface area contributed by atoms with Gasteiger partial charge in [0.25, 0.3) is 0 Å². The second-order valence-electron chi connectivity index (χ2n) is 8.63. The molecule has 160 valence electrons. The number of nitrogens with two attached hydrogens (primary N) is 1. The molecule has 9 heteroatoms. The number of ether oxygens (including phenoxy) is 1. The molecule has 9 nitrogen and oxygen atoms in total. The number of H-pyrrole nitrogens is 1. The summed E-state index contributed by atoms with van der Waals surface area (Å²) in [5, 5.41) is 14.4. The Labute approximate surface area is 184 Å². The molecule has 1 atom stereocenters. The first-order valence-electron chi connectivity index (χ1n) is 10.6. The average molecular weight is 426 g/mol. The fourth-order valence-electron chi connectivity index (χ4n) is 4.75. The van der Waals surface area contributed by atoms with Crippen molar-refractivity contribution in [1.82, 2.24) is 19.9 Å². The summed E-state index contributed by atoms with van der Waals surface area (Å²) in [6.07, 6.45) is 5.35. The third-order valence-electron chi connectivity index (χ3n) is 6.67. The predicted octanol–water partition coefficient (Wildman–Crippen LogP) is 3.14. The van der Waals surface area contributed by atoms with E-state index in [0.29, 0.717) is 17.0 Å². The van der Waals surface area contributed by atoms with Gasteiger partial charge in [0.1, 0.15) is 17.5 Å². The first kappa shape index (κ1) is 18.8. The zero-order valence-electron chi connectivity index (χ0n) is 17.6. The molecule has 1 saturated heterocycles. The molecule has 0 amide bonds. The molecule has 1 aliphatic carbocycles. The molecule has 0 bridgehead atoms. The number of aromatic nitrogens is 4. The van der Waals surface area contributed by atoms with Gasteiger partial charge in [0, 0.05) is 49.2 Å². The van der Waals surface area contributed by atoms with Gasteiger partial charge >= 0.3 is 6.01 Å². The van der Waals surface area contributed by atoms with Crippen molar-refractivity contribution in [2.45, 2.75) is 18.9 Å². The molecule has 6 rings (SSSR count). The maximum Gasteiger partial charge on any atom is 0.326 e. The molecular formula is C23H22N8O. The van der Waals surface area contributed by atoms with Crippen LogP contribution in [0.15, 0.2) is 36.7 Å². The van der Waals surface area contributed by atoms with Crippen molar-refractivity contribution in [2.75, 3.05) is 30.4 Å². The summed E-state index contributed by atoms with van der Waals surface area (Å²) >= 11 is 0. The number of para-hydroxylation sites is 1. The van der Waals surface area contributed by atoms with Crippen LogP contribution in [0.5, 0.6) is 11.8 Å². The van der Waals surface area contributed by atoms with Crippen molar-refractivity contribution in [3.8, 4) is 17.8 Å². The molecule has 1 aromatic carbocycles. The van der Waals surface area contributed by atoms with Crippen LogP contribution in [0.1, 0.15) is 18.4 Å². The van der Waals surface area contributed by atoms with E-state index in [0.717, 1.165) is 53.7 Å². The lowest BCUT2D eigenvalue weighted by molar-refractivity contribution is 0.442. The van der Waals surface area contributed by atoms with Gasteiger partial charge in [0.2, 0.25) is 0 Å². The van der Waals surface area contributed by atoms with E-state index in [-0.39, 0.29) is 17.5 Å². The quantitative estimate of drug-likeness (QED) is 0.454. The largest absolute Gasteiger partial charge is 0.422 e. The maximum absolute atomic E-state index is 9.16. The lowest BCUT2D eigenvalue weighted by Gasteiger charge is -2.19. The van der Waals surface area contributed by atoms with Crippen LogP contribution in [0.4, 0.5) is 11.5 Å². The zero-order chi connectivity index (χ0) is 21.9. The normalized spacial score (nSPS) is 18.9. The van der Waals surface area contributed by atoms with Crippen LogP contribution in [0.2, 0.25) is 0 Å². The third kappa shape index (κ3) is 2.84. The number of nitrogens with zero attached hydrogens (tertiary/aromatic N) is 5. The highest BCUT2D eigenvalue weighted by molar-refractivity contribution is 6.14. The molecule has 1 saturated carbocycles. The monoisotopic (exact) mass is 426 g/mol. The molecule has 4 aromatic rings. The van der Waals surface area contributed by atoms with Gasteiger partial charge in [-0.25, -0.2) is 0 Å². The maximum atomic E-state index is 9.16. The number of benzene rings is 1. The van der Waals surface area contributed by atoms with E-state index >= 15 is 0 Å². The Balaban J connectivity index is 1.52. The Morgan fingerprint density at radius 1 is 1.31 bits per heavy atom. The van der Waals surface area contributed by atoms with Crippen molar-refractivity contribution in [3.05, 3.63) is 42.2 Å². The smallest absolute Gasteiger partial charge is 0.326 e. The molecular weight excluding hydrogens is 404 g/mol. The van der Waals surface area contributed by atoms with Crippen LogP contribution in [0.3, 0.4) is 0 Å². The van der Waals surface area contributed by atoms with Gasteiger partial charge in [0.15, 0.2) is 5.75 Å². The van der Waals surface area contributed by atoms with E-state index in [9.17, 15) is 0 Å². The molecule has 4 heterocycles. The number of anilines is 2. The average Bonchev–Trinajstić information content (AvgIpc) is 3.39. The fraction of sp³-hybridized carbons (Fsp3) is 0.304. The summed E-state index contributed by atoms with van der Waals surface area (Å²) in [5.74, 6) is 1.23. The standard InChI is InChI=1S/C23H22N8O/c1-26-16-4-2-3-15-18-20(28-19(15)16)29-22(32-14-7-13(8-24)9-27-10-14)30-21(18)31-11-17(25)23(12-31)5-6-23/h2-4,7,9-10,17,26H,5-6,11-12,25H2,1H3,(H,28,29,30)/t17-/m0/s1. The van der Waals surface area contributed by atoms with Crippen LogP contribution in [-0.4, -0.2) is 46.1 Å². The molecule has 3 aromatic heterocycles. The Morgan fingerprint density at radius 3 is 2.94 bits per heavy atom. The highest BCUT2D eigenvalue weighted by atomic mass is 16.5. The molecule has 32 heavy (non-hydrogen) atoms. The van der Waals surface area contributed by atoms with Crippen molar-refractivity contribution >= 4 is 33.4 Å². The van der Waals surface area contributed by atoms with Crippen molar-refractivity contribution in [1.29, 1.82) is 5.26 Å². The van der Waals surface area contributed by atoms with Gasteiger partial charge in [-0.15, -0.1) is 0 Å². The summed E-state index contributed by atoms with van der Waals surface area (Å²) in [6.45, 7) is 1.62. The predicted molar refractivity (Wildman–Crippen MR) is 122 cm³/mol. The Morgan fingerprint density at radius 2 is 2.19 bits per heavy atom. The van der Waals surface area contributed by atoms with Crippen LogP contribution in [0, 0.1) is 16.7 Å². The van der Waals surface area contributed by atoms with Gasteiger partial charge in [-0.3, -0.25) is 4.98 Å². The van der Waals surface area contributed by atoms with E-state index in [1.165, 1.54) is 6.20 Å². The molecule has 1 spiro atoms. The summed E-state index contributed by atoms with van der Waals surface area (Å²) in [5.41, 5.74) is 9.76. The number of pyridine rings is 1. The second kappa shape index (κ2) is 6.80. The van der Waals surface area contributed by atoms with E-state index in [2.05, 4.69) is 37.3 Å². The van der Waals surface area contributed by atoms with Crippen molar-refractivity contribution in [3.63, 3.8) is 0 Å². The highest BCUT2D eigenvalue weighted by Crippen LogP contribution is 2.53. The highest BCUT2D eigenvalue weighted by Gasteiger charge is 2.54. The Hall–Kier alpha value is -3.90. The van der Waals surface area contributed by atoms with Gasteiger partial charge in [0.05, 0.1) is 28.4 Å². The van der Waals surface area contributed by atoms with E-state index in [1.807, 2.05) is 19.2 Å². The first-order valence-corrected chi connectivity index (χ1v) is 10.6. The number of rotatable bonds is 4. The number of nitrogens with one attached hydrogen (secondary N) is 2. The molecule has 4 N–H and O–H groups in total. The van der Waals surface area contributed by atoms with Crippen molar-refractivity contribution in [2.24, 2.45) is 11.1 Å². The first-order chi connectivity index (χ1) is 15.6. The second-order valence-corrected chi connectivity index (χ2v) is 8.63. The van der Waals surface area contributed by atoms with E-state index < -0.39 is 0 Å². The van der Waals surface area contributed by atoms with Gasteiger partial charge < -0.3 is 25.7 Å². The summed E-state index contributed by atoms with van der Waals surface area (Å²) < 4.78 is 5.95. The van der Waals surface area contributed by atoms with Gasteiger partial charge in [-0.1, -0.05) is 12.1 Å². The lowest BCUT2D eigenvalue weighted by Crippen LogP contribution is -2.30. The lowest BCUT2D eigenvalue weighted by atomic mass is 10.0. The zero-order valence-corrected chi connectivity index (χ0v) is 17.6. The summed E-state index contributed by atoms with van der Waals surface area (Å²) in [4.78, 5) is 19.2. The molecule has 2 fully saturated rings. The molecule has 0 unspecified atom stereocenters. The van der Waals surface area contributed by atoms with Crippen LogP contribution < -0.4 is 20.7 Å². The minimum absolute atomic E-state index is 0.131. The molecule has 1 aliphatic heterocycles. The number of hydrogen-bond acceptors (Lipinski definition) is 8. The number of nitriles is 1. The molecule has 0 radical (unpaired) electrons. The topological polar surface area (TPSA) is 129 Å². The summed E-state index contributed by atoms with van der Waals surface area (Å²) in [7, 11) is 1.90. The molecule has 2 aliphatic rings. The Kier molecular flexibility index (Phi) is 4.00. The minimum atomic E-state index is 0.131. The van der Waals surface area contributed by atoms with E-state index in [1.54, 1.807) is 12.3 Å². The SMILES string of the molecule is CNc1cccc2c1[nH]c1nc(Oc3cncc(C#N)c3)nc(N3C[C@H](N)C4(CC4)C3)c12. The van der Waals surface area contributed by atoms with Gasteiger partial charge in [-0.2, -0.15) is 15.2 Å². The van der Waals surface area contributed by atoms with Crippen LogP contribution >= 0.6 is 0 Å². The third-order valence-corrected chi connectivity index (χ3v) is 6.67.